The first-order chi connectivity index (χ1) is 37.8. The Balaban J connectivity index is 1.12. The maximum absolute atomic E-state index is 9.30. The van der Waals surface area contributed by atoms with Crippen LogP contribution in [0.1, 0.15) is 95.5 Å². The number of pyridine rings is 1. The van der Waals surface area contributed by atoms with Crippen molar-refractivity contribution in [2.45, 2.75) is 85.4 Å². The van der Waals surface area contributed by atoms with Gasteiger partial charge in [-0.25, -0.2) is 4.98 Å². The lowest BCUT2D eigenvalue weighted by Gasteiger charge is -2.26. The maximum atomic E-state index is 9.30. The molecule has 0 aliphatic rings. The number of imidazole rings is 1. The number of aryl methyl sites for hydroxylation is 1. The quantitative estimate of drug-likeness (QED) is 0.142. The summed E-state index contributed by atoms with van der Waals surface area (Å²) in [5.41, 5.74) is 10.8. The second kappa shape index (κ2) is 17.7. The van der Waals surface area contributed by atoms with E-state index < -0.39 is 25.0 Å². The molecule has 5 nitrogen and oxygen atoms in total. The van der Waals surface area contributed by atoms with Crippen LogP contribution in [-0.4, -0.2) is 14.1 Å². The molecule has 0 spiro atoms. The lowest BCUT2D eigenvalue weighted by molar-refractivity contribution is -0.566. The zero-order valence-electron chi connectivity index (χ0n) is 50.4. The Morgan fingerprint density at radius 1 is 0.514 bits per heavy atom. The molecule has 3 heterocycles. The van der Waals surface area contributed by atoms with E-state index in [9.17, 15) is 2.74 Å². The second-order valence-corrected chi connectivity index (χ2v) is 21.9. The molecule has 0 N–H and O–H groups in total. The van der Waals surface area contributed by atoms with Crippen LogP contribution >= 0.6 is 0 Å². The average Bonchev–Trinajstić information content (AvgIpc) is 4.19. The van der Waals surface area contributed by atoms with Gasteiger partial charge in [-0.15, -0.1) is 0 Å². The van der Waals surface area contributed by atoms with E-state index in [1.807, 2.05) is 94.5 Å². The summed E-state index contributed by atoms with van der Waals surface area (Å²) in [5.74, 6) is 1.91. The number of aromatic nitrogens is 4. The first-order valence-corrected chi connectivity index (χ1v) is 24.6. The van der Waals surface area contributed by atoms with Gasteiger partial charge < -0.3 is 4.74 Å². The third-order valence-electron chi connectivity index (χ3n) is 13.8. The summed E-state index contributed by atoms with van der Waals surface area (Å²) in [6, 6.07) is 50.0. The van der Waals surface area contributed by atoms with Gasteiger partial charge in [-0.3, -0.25) is 4.57 Å². The minimum absolute atomic E-state index is 0.00337. The van der Waals surface area contributed by atoms with Crippen molar-refractivity contribution in [1.29, 1.82) is 0 Å². The van der Waals surface area contributed by atoms with Crippen molar-refractivity contribution >= 4 is 32.8 Å². The molecule has 72 heavy (non-hydrogen) atoms. The molecule has 0 saturated carbocycles. The normalized spacial score (nSPS) is 14.1. The van der Waals surface area contributed by atoms with E-state index in [0.717, 1.165) is 61.0 Å². The van der Waals surface area contributed by atoms with E-state index in [1.54, 1.807) is 18.2 Å². The highest BCUT2D eigenvalue weighted by molar-refractivity contribution is 6.10. The Labute approximate surface area is 435 Å². The summed E-state index contributed by atoms with van der Waals surface area (Å²) in [7, 11) is 0. The van der Waals surface area contributed by atoms with Crippen LogP contribution in [0.3, 0.4) is 0 Å². The Morgan fingerprint density at radius 3 is 1.93 bits per heavy atom. The predicted octanol–water partition coefficient (Wildman–Crippen LogP) is 17.4. The molecular formula is C67H63N4O+. The van der Waals surface area contributed by atoms with E-state index in [-0.39, 0.29) is 39.5 Å². The zero-order valence-corrected chi connectivity index (χ0v) is 42.4. The SMILES string of the molecule is [2H]c1c([2H])c([2H])c(-c2cccc(-c3cc(C(C)(C)C)cc(C(C)(C)C)c3)c2-[n+]2cn(-c3cccc(Oc4ccc5c6cc(-c7ccccc7)ccc6n(-c6cc(C(C)(C)C)ccn6)c5c4)c3)c3cccc(C([2H])([2H])[2H])c32)c([2H])c1[2H]. The molecule has 0 unspecified atom stereocenters. The van der Waals surface area contributed by atoms with Crippen LogP contribution in [0.25, 0.3) is 83.4 Å². The molecule has 11 aromatic rings. The highest BCUT2D eigenvalue weighted by atomic mass is 16.5. The maximum Gasteiger partial charge on any atom is 0.255 e. The molecule has 3 aromatic heterocycles. The molecule has 0 fully saturated rings. The van der Waals surface area contributed by atoms with Gasteiger partial charge in [0, 0.05) is 49.9 Å². The van der Waals surface area contributed by atoms with E-state index in [0.29, 0.717) is 45.0 Å². The van der Waals surface area contributed by atoms with Crippen LogP contribution in [0.4, 0.5) is 0 Å². The number of fused-ring (bicyclic) bond motifs is 4. The van der Waals surface area contributed by atoms with Gasteiger partial charge in [0.25, 0.3) is 6.33 Å². The Hall–Kier alpha value is -8.02. The fourth-order valence-electron chi connectivity index (χ4n) is 9.82. The third-order valence-corrected chi connectivity index (χ3v) is 13.8. The van der Waals surface area contributed by atoms with Crippen molar-refractivity contribution in [2.24, 2.45) is 0 Å². The predicted molar refractivity (Wildman–Crippen MR) is 301 cm³/mol. The van der Waals surface area contributed by atoms with Gasteiger partial charge in [0.05, 0.1) is 17.9 Å². The molecule has 356 valence electrons. The van der Waals surface area contributed by atoms with Crippen LogP contribution in [0, 0.1) is 6.85 Å². The molecule has 11 rings (SSSR count). The zero-order chi connectivity index (χ0) is 57.0. The van der Waals surface area contributed by atoms with Gasteiger partial charge in [-0.1, -0.05) is 184 Å². The number of nitrogens with zero attached hydrogens (tertiary/aromatic N) is 4. The van der Waals surface area contributed by atoms with Crippen LogP contribution in [0.15, 0.2) is 200 Å². The molecule has 8 aromatic carbocycles. The monoisotopic (exact) mass is 948 g/mol. The van der Waals surface area contributed by atoms with Crippen molar-refractivity contribution in [3.8, 4) is 62.1 Å². The standard InChI is InChI=1S/C67H63N4O/c1-44-20-17-29-60-63(44)70(64-55(46-23-15-12-16-24-46)27-19-28-56(64)48-36-50(66(5,6)7)39-51(37-48)67(8,9)10)43-69(60)52-25-18-26-53(41-52)72-54-31-32-57-58-38-47(45-21-13-11-14-22-45)30-33-59(58)71(61(57)42-54)62-40-49(34-35-68-62)65(2,3)4/h11-43H,1-10H3/q+1/i1D3,12D,15D,16D,23D,24D. The number of para-hydroxylation sites is 2. The van der Waals surface area contributed by atoms with Crippen molar-refractivity contribution in [1.82, 2.24) is 14.1 Å². The number of hydrogen-bond donors (Lipinski definition) is 0. The van der Waals surface area contributed by atoms with Crippen molar-refractivity contribution in [2.75, 3.05) is 0 Å². The van der Waals surface area contributed by atoms with Gasteiger partial charge >= 0.3 is 0 Å². The topological polar surface area (TPSA) is 35.9 Å². The highest BCUT2D eigenvalue weighted by Crippen LogP contribution is 2.41. The van der Waals surface area contributed by atoms with Crippen molar-refractivity contribution < 1.29 is 20.3 Å². The summed E-state index contributed by atoms with van der Waals surface area (Å²) < 4.78 is 84.5. The molecule has 0 bridgehead atoms. The van der Waals surface area contributed by atoms with Gasteiger partial charge in [-0.2, -0.15) is 9.13 Å². The highest BCUT2D eigenvalue weighted by Gasteiger charge is 2.29. The molecule has 5 heteroatoms. The van der Waals surface area contributed by atoms with Crippen LogP contribution in [-0.2, 0) is 16.2 Å². The third kappa shape index (κ3) is 8.57. The van der Waals surface area contributed by atoms with Gasteiger partial charge in [0.2, 0.25) is 0 Å². The van der Waals surface area contributed by atoms with Gasteiger partial charge in [0.15, 0.2) is 11.0 Å². The van der Waals surface area contributed by atoms with Gasteiger partial charge in [-0.05, 0) is 117 Å². The molecule has 0 atom stereocenters. The number of hydrogen-bond acceptors (Lipinski definition) is 2. The first kappa shape index (κ1) is 37.8. The molecule has 0 aliphatic heterocycles. The van der Waals surface area contributed by atoms with E-state index >= 15 is 0 Å². The van der Waals surface area contributed by atoms with Crippen LogP contribution < -0.4 is 9.30 Å². The Morgan fingerprint density at radius 2 is 1.21 bits per heavy atom. The largest absolute Gasteiger partial charge is 0.457 e. The summed E-state index contributed by atoms with van der Waals surface area (Å²) >= 11 is 0. The van der Waals surface area contributed by atoms with Gasteiger partial charge in [0.1, 0.15) is 28.7 Å². The Bertz CT molecular complexity index is 4210. The number of benzene rings is 8. The minimum Gasteiger partial charge on any atom is -0.457 e. The lowest BCUT2D eigenvalue weighted by atomic mass is 9.78. The fraction of sp³-hybridized carbons (Fsp3) is 0.194. The molecule has 0 saturated heterocycles. The second-order valence-electron chi connectivity index (χ2n) is 21.9. The molecule has 0 aliphatic carbocycles. The Kier molecular flexibility index (Phi) is 9.27. The van der Waals surface area contributed by atoms with Crippen molar-refractivity contribution in [3.05, 3.63) is 223 Å². The minimum atomic E-state index is -2.59. The summed E-state index contributed by atoms with van der Waals surface area (Å²) in [5, 5.41) is 2.12. The molecular weight excluding hydrogens is 877 g/mol. The van der Waals surface area contributed by atoms with E-state index in [2.05, 4.69) is 134 Å². The summed E-state index contributed by atoms with van der Waals surface area (Å²) in [6.45, 7) is 17.0. The van der Waals surface area contributed by atoms with Crippen LogP contribution in [0.5, 0.6) is 11.5 Å². The fourth-order valence-corrected chi connectivity index (χ4v) is 9.82. The molecule has 0 radical (unpaired) electrons. The smallest absolute Gasteiger partial charge is 0.255 e. The summed E-state index contributed by atoms with van der Waals surface area (Å²) in [4.78, 5) is 4.94. The number of rotatable bonds is 8. The van der Waals surface area contributed by atoms with Crippen molar-refractivity contribution in [3.63, 3.8) is 0 Å². The summed E-state index contributed by atoms with van der Waals surface area (Å²) in [6.07, 6.45) is 3.71. The average molecular weight is 948 g/mol. The molecule has 0 amide bonds. The first-order valence-electron chi connectivity index (χ1n) is 28.6. The van der Waals surface area contributed by atoms with Crippen LogP contribution in [0.2, 0.25) is 0 Å². The van der Waals surface area contributed by atoms with E-state index in [1.165, 1.54) is 0 Å². The lowest BCUT2D eigenvalue weighted by Crippen LogP contribution is -2.31. The number of ether oxygens (including phenoxy) is 1. The van der Waals surface area contributed by atoms with E-state index in [4.69, 9.17) is 17.9 Å².